The first-order valence-corrected chi connectivity index (χ1v) is 10.7. The quantitative estimate of drug-likeness (QED) is 0.718. The molecule has 0 saturated carbocycles. The third-order valence-corrected chi connectivity index (χ3v) is 6.21. The molecule has 1 atom stereocenters. The minimum absolute atomic E-state index is 0.0914. The van der Waals surface area contributed by atoms with E-state index in [2.05, 4.69) is 5.32 Å². The number of carbonyl (C=O) groups is 4. The van der Waals surface area contributed by atoms with E-state index >= 15 is 0 Å². The van der Waals surface area contributed by atoms with Gasteiger partial charge < -0.3 is 15.1 Å². The molecule has 4 rings (SSSR count). The topological polar surface area (TPSA) is 90.0 Å². The Morgan fingerprint density at radius 3 is 2.12 bits per heavy atom. The van der Waals surface area contributed by atoms with E-state index in [0.29, 0.717) is 37.3 Å². The van der Waals surface area contributed by atoms with Crippen molar-refractivity contribution in [1.82, 2.24) is 20.0 Å². The molecule has 33 heavy (non-hydrogen) atoms. The van der Waals surface area contributed by atoms with E-state index in [-0.39, 0.29) is 11.8 Å². The second-order valence-electron chi connectivity index (χ2n) is 8.49. The van der Waals surface area contributed by atoms with Crippen molar-refractivity contribution >= 4 is 23.8 Å². The van der Waals surface area contributed by atoms with Crippen LogP contribution in [0, 0.1) is 12.7 Å². The molecule has 1 N–H and O–H groups in total. The number of halogens is 1. The zero-order chi connectivity index (χ0) is 23.8. The summed E-state index contributed by atoms with van der Waals surface area (Å²) in [5.41, 5.74) is 0.725. The summed E-state index contributed by atoms with van der Waals surface area (Å²) in [7, 11) is 0. The first kappa shape index (κ1) is 22.4. The van der Waals surface area contributed by atoms with Gasteiger partial charge in [-0.2, -0.15) is 0 Å². The average Bonchev–Trinajstić information content (AvgIpc) is 3.03. The molecule has 2 fully saturated rings. The van der Waals surface area contributed by atoms with Gasteiger partial charge in [-0.25, -0.2) is 9.18 Å². The molecule has 0 aromatic heterocycles. The van der Waals surface area contributed by atoms with Gasteiger partial charge in [0.2, 0.25) is 5.91 Å². The lowest BCUT2D eigenvalue weighted by Crippen LogP contribution is -2.53. The molecule has 172 valence electrons. The van der Waals surface area contributed by atoms with E-state index < -0.39 is 29.8 Å². The smallest absolute Gasteiger partial charge is 0.325 e. The summed E-state index contributed by atoms with van der Waals surface area (Å²) in [6, 6.07) is 11.9. The molecule has 2 saturated heterocycles. The third-order valence-electron chi connectivity index (χ3n) is 6.21. The Bertz CT molecular complexity index is 1090. The summed E-state index contributed by atoms with van der Waals surface area (Å²) < 4.78 is 13.3. The maximum atomic E-state index is 13.3. The first-order chi connectivity index (χ1) is 15.7. The van der Waals surface area contributed by atoms with Gasteiger partial charge in [-0.1, -0.05) is 29.8 Å². The highest BCUT2D eigenvalue weighted by molar-refractivity contribution is 6.09. The summed E-state index contributed by atoms with van der Waals surface area (Å²) in [5.74, 6) is -1.48. The van der Waals surface area contributed by atoms with Crippen molar-refractivity contribution in [2.45, 2.75) is 19.4 Å². The third kappa shape index (κ3) is 4.30. The molecule has 2 aliphatic rings. The fourth-order valence-electron chi connectivity index (χ4n) is 4.09. The Hall–Kier alpha value is -3.75. The SMILES string of the molecule is Cc1ccc(C(=O)N2CCN(C(=O)CN3C(=O)NC(C)(c4ccc(F)cc4)C3=O)CC2)cc1. The van der Waals surface area contributed by atoms with Gasteiger partial charge in [0.25, 0.3) is 11.8 Å². The number of imide groups is 1. The van der Waals surface area contributed by atoms with Crippen LogP contribution < -0.4 is 5.32 Å². The van der Waals surface area contributed by atoms with Crippen LogP contribution in [0.1, 0.15) is 28.4 Å². The highest BCUT2D eigenvalue weighted by Crippen LogP contribution is 2.29. The number of benzene rings is 2. The van der Waals surface area contributed by atoms with Crippen LogP contribution in [0.25, 0.3) is 0 Å². The van der Waals surface area contributed by atoms with Crippen molar-refractivity contribution in [1.29, 1.82) is 0 Å². The Labute approximate surface area is 190 Å². The summed E-state index contributed by atoms with van der Waals surface area (Å²) in [6.07, 6.45) is 0. The lowest BCUT2D eigenvalue weighted by Gasteiger charge is -2.35. The number of aryl methyl sites for hydroxylation is 1. The van der Waals surface area contributed by atoms with Crippen molar-refractivity contribution < 1.29 is 23.6 Å². The van der Waals surface area contributed by atoms with Crippen molar-refractivity contribution in [2.24, 2.45) is 0 Å². The Kier molecular flexibility index (Phi) is 5.88. The van der Waals surface area contributed by atoms with E-state index in [9.17, 15) is 23.6 Å². The van der Waals surface area contributed by atoms with Crippen LogP contribution >= 0.6 is 0 Å². The van der Waals surface area contributed by atoms with Crippen molar-refractivity contribution in [3.8, 4) is 0 Å². The Morgan fingerprint density at radius 1 is 0.939 bits per heavy atom. The molecule has 0 aliphatic carbocycles. The second kappa shape index (κ2) is 8.65. The molecule has 0 bridgehead atoms. The van der Waals surface area contributed by atoms with Gasteiger partial charge in [0.15, 0.2) is 0 Å². The van der Waals surface area contributed by atoms with E-state index in [1.807, 2.05) is 19.1 Å². The molecule has 8 nitrogen and oxygen atoms in total. The van der Waals surface area contributed by atoms with Crippen LogP contribution in [0.15, 0.2) is 48.5 Å². The van der Waals surface area contributed by atoms with Gasteiger partial charge in [-0.15, -0.1) is 0 Å². The molecule has 9 heteroatoms. The standard InChI is InChI=1S/C24H25FN4O4/c1-16-3-5-17(6-4-16)21(31)28-13-11-27(12-14-28)20(30)15-29-22(32)24(2,26-23(29)33)18-7-9-19(25)10-8-18/h3-10H,11-15H2,1-2H3,(H,26,33). The molecule has 0 radical (unpaired) electrons. The van der Waals surface area contributed by atoms with Crippen LogP contribution in [0.3, 0.4) is 0 Å². The fraction of sp³-hybridized carbons (Fsp3) is 0.333. The summed E-state index contributed by atoms with van der Waals surface area (Å²) in [5, 5.41) is 2.61. The number of urea groups is 1. The molecule has 1 unspecified atom stereocenters. The molecular weight excluding hydrogens is 427 g/mol. The first-order valence-electron chi connectivity index (χ1n) is 10.7. The number of nitrogens with one attached hydrogen (secondary N) is 1. The fourth-order valence-corrected chi connectivity index (χ4v) is 4.09. The van der Waals surface area contributed by atoms with E-state index in [1.54, 1.807) is 21.9 Å². The maximum Gasteiger partial charge on any atom is 0.325 e. The van der Waals surface area contributed by atoms with Crippen LogP contribution in [0.5, 0.6) is 0 Å². The molecular formula is C24H25FN4O4. The highest BCUT2D eigenvalue weighted by atomic mass is 19.1. The van der Waals surface area contributed by atoms with Crippen molar-refractivity contribution in [2.75, 3.05) is 32.7 Å². The number of rotatable bonds is 4. The van der Waals surface area contributed by atoms with E-state index in [0.717, 1.165) is 10.5 Å². The predicted molar refractivity (Wildman–Crippen MR) is 118 cm³/mol. The van der Waals surface area contributed by atoms with E-state index in [4.69, 9.17) is 0 Å². The number of amides is 5. The molecule has 2 aliphatic heterocycles. The van der Waals surface area contributed by atoms with Gasteiger partial charge in [-0.05, 0) is 43.7 Å². The van der Waals surface area contributed by atoms with E-state index in [1.165, 1.54) is 31.2 Å². The predicted octanol–water partition coefficient (Wildman–Crippen LogP) is 1.89. The second-order valence-corrected chi connectivity index (χ2v) is 8.49. The summed E-state index contributed by atoms with van der Waals surface area (Å²) in [6.45, 7) is 4.45. The number of nitrogens with zero attached hydrogens (tertiary/aromatic N) is 3. The molecule has 5 amide bonds. The van der Waals surface area contributed by atoms with Crippen molar-refractivity contribution in [3.63, 3.8) is 0 Å². The van der Waals surface area contributed by atoms with Gasteiger partial charge in [0, 0.05) is 31.7 Å². The van der Waals surface area contributed by atoms with Crippen molar-refractivity contribution in [3.05, 3.63) is 71.0 Å². The molecule has 2 aromatic rings. The number of hydrogen-bond acceptors (Lipinski definition) is 4. The van der Waals surface area contributed by atoms with Gasteiger partial charge in [0.1, 0.15) is 17.9 Å². The number of piperazine rings is 1. The lowest BCUT2D eigenvalue weighted by atomic mass is 9.92. The maximum absolute atomic E-state index is 13.3. The van der Waals surface area contributed by atoms with Crippen LogP contribution in [-0.2, 0) is 15.1 Å². The largest absolute Gasteiger partial charge is 0.338 e. The van der Waals surface area contributed by atoms with Crippen LogP contribution in [0.4, 0.5) is 9.18 Å². The normalized spacial score (nSPS) is 20.8. The number of carbonyl (C=O) groups excluding carboxylic acids is 4. The zero-order valence-corrected chi connectivity index (χ0v) is 18.5. The lowest BCUT2D eigenvalue weighted by molar-refractivity contribution is -0.139. The minimum Gasteiger partial charge on any atom is -0.338 e. The highest BCUT2D eigenvalue weighted by Gasteiger charge is 2.49. The summed E-state index contributed by atoms with van der Waals surface area (Å²) in [4.78, 5) is 55.1. The van der Waals surface area contributed by atoms with Gasteiger partial charge in [0.05, 0.1) is 0 Å². The van der Waals surface area contributed by atoms with Gasteiger partial charge in [-0.3, -0.25) is 19.3 Å². The van der Waals surface area contributed by atoms with Crippen LogP contribution in [-0.4, -0.2) is 71.2 Å². The zero-order valence-electron chi connectivity index (χ0n) is 18.5. The molecule has 2 aromatic carbocycles. The molecule has 2 heterocycles. The summed E-state index contributed by atoms with van der Waals surface area (Å²) >= 11 is 0. The minimum atomic E-state index is -1.37. The monoisotopic (exact) mass is 452 g/mol. The van der Waals surface area contributed by atoms with Crippen LogP contribution in [0.2, 0.25) is 0 Å². The Balaban J connectivity index is 1.36. The molecule has 0 spiro atoms. The van der Waals surface area contributed by atoms with Gasteiger partial charge >= 0.3 is 6.03 Å². The number of hydrogen-bond donors (Lipinski definition) is 1. The Morgan fingerprint density at radius 2 is 1.52 bits per heavy atom. The average molecular weight is 452 g/mol.